The summed E-state index contributed by atoms with van der Waals surface area (Å²) in [5.74, 6) is -27.8. The third kappa shape index (κ3) is 36.6. The van der Waals surface area contributed by atoms with Crippen LogP contribution in [0.2, 0.25) is 0 Å². The highest BCUT2D eigenvalue weighted by atomic mass is 33.1. The van der Waals surface area contributed by atoms with Gasteiger partial charge in [-0.05, 0) is 97.2 Å². The van der Waals surface area contributed by atoms with E-state index in [1.165, 1.54) is 82.2 Å². The van der Waals surface area contributed by atoms with E-state index in [4.69, 9.17) is 17.2 Å². The maximum Gasteiger partial charge on any atom is 0.317 e. The minimum Gasteiger partial charge on any atom is -0.481 e. The Balaban J connectivity index is 1.02. The van der Waals surface area contributed by atoms with Gasteiger partial charge in [-0.2, -0.15) is 0 Å². The summed E-state index contributed by atoms with van der Waals surface area (Å²) in [7, 11) is 1.21. The summed E-state index contributed by atoms with van der Waals surface area (Å²) in [6, 6.07) is -13.0. The first-order valence-electron chi connectivity index (χ1n) is 47.2. The number of carboxylic acid groups (broad SMARTS) is 4. The highest BCUT2D eigenvalue weighted by Crippen LogP contribution is 2.29. The average Bonchev–Trinajstić information content (AvgIpc) is 1.50. The molecule has 3 fully saturated rings. The normalized spacial score (nSPS) is 20.6. The molecule has 14 atom stereocenters. The Hall–Kier alpha value is -14.9. The number of carboxylic acids is 4. The predicted octanol–water partition coefficient (Wildman–Crippen LogP) is -6.95. The molecule has 56 heteroatoms. The number of hydrogen-bond donors (Lipinski definition) is 24. The summed E-state index contributed by atoms with van der Waals surface area (Å²) in [5, 5.41) is 83.4. The Morgan fingerprint density at radius 1 is 0.534 bits per heavy atom. The lowest BCUT2D eigenvalue weighted by molar-refractivity contribution is -0.150. The van der Waals surface area contributed by atoms with Gasteiger partial charge in [0, 0.05) is 156 Å². The van der Waals surface area contributed by atoms with Gasteiger partial charge in [0.05, 0.1) is 57.9 Å². The number of likely N-dealkylation sites (tertiary alicyclic amines) is 1. The van der Waals surface area contributed by atoms with Gasteiger partial charge in [0.15, 0.2) is 0 Å². The molecule has 2 aromatic carbocycles. The van der Waals surface area contributed by atoms with Gasteiger partial charge < -0.3 is 132 Å². The molecular formula is C92H124F2N26O26S2. The van der Waals surface area contributed by atoms with E-state index in [0.29, 0.717) is 54.7 Å². The summed E-state index contributed by atoms with van der Waals surface area (Å²) in [6.45, 7) is 6.09. The fourth-order valence-corrected chi connectivity index (χ4v) is 18.8. The Bertz CT molecular complexity index is 5760. The van der Waals surface area contributed by atoms with Crippen LogP contribution in [0.4, 0.5) is 8.78 Å². The van der Waals surface area contributed by atoms with Crippen molar-refractivity contribution in [1.82, 2.24) is 119 Å². The number of H-pyrrole nitrogens is 3. The van der Waals surface area contributed by atoms with Gasteiger partial charge in [0.1, 0.15) is 95.8 Å². The van der Waals surface area contributed by atoms with Crippen molar-refractivity contribution < 1.29 is 135 Å². The summed E-state index contributed by atoms with van der Waals surface area (Å²) >= 11 is 0. The molecule has 6 aromatic rings. The lowest BCUT2D eigenvalue weighted by Crippen LogP contribution is -2.65. The van der Waals surface area contributed by atoms with Gasteiger partial charge in [0.2, 0.25) is 100 Å². The Labute approximate surface area is 852 Å². The van der Waals surface area contributed by atoms with Crippen LogP contribution in [0.5, 0.6) is 0 Å². The van der Waals surface area contributed by atoms with Crippen LogP contribution in [-0.2, 0) is 126 Å². The summed E-state index contributed by atoms with van der Waals surface area (Å²) < 4.78 is 29.1. The third-order valence-corrected chi connectivity index (χ3v) is 26.7. The van der Waals surface area contributed by atoms with E-state index < -0.39 is 289 Å². The standard InChI is InChI=1S/C92H124F2N26O26S2/c1-47(121)76(114-85(140)60(104-48(2)122)30-51-37-101-57-16-15-53(94)32-56(51)57)89(144)115-77(92(3,4)5)90(145)113-67-45-148-147-44-66(112-84(139)64(36-72(126)127)110-81(136)61(33-54-39-98-46-103-54)107-80(135)59(29-49-11-13-52(93)14-12-49)106-82(137)62(34-69(95)123)108-83(138)63(35-70(96)124)109-86(67)141)87(142)111-65(31-50-38-102-79-55(50)9-8-19-100-79)91(146)120-20-17-68(120)88(143)105-58(78(97)134)10-6-7-18-99-71(125)40-116-21-23-117(41-73(128)129)25-27-119(43-75(132)133)28-26-118(24-22-116)42-74(130)131/h8-9,11-16,19,32,37-39,46-47,58-68,76-77,101,121H,6-7,10,17-18,20-31,33-36,40-45H2,1-5H3,(H2,95,123)(H2,96,124)(H2,97,134)(H,98,103)(H,99,125)(H,100,102)(H,104,122)(H,105,143)(H,106,137)(H,107,135)(H,108,138)(H,109,141)(H,110,136)(H,111,142)(H,112,139)(H,113,145)(H,114,140)(H,115,144)(H,126,127)(H,128,129)(H,130,131)(H,132,133)/t47-,58?,59+,60+,61+,62+,63+,64+,65+,66+,67+,68+,76+,77-/m1/s1. The first-order valence-corrected chi connectivity index (χ1v) is 49.7. The molecule has 1 unspecified atom stereocenters. The van der Waals surface area contributed by atoms with Gasteiger partial charge in [-0.3, -0.25) is 120 Å². The van der Waals surface area contributed by atoms with E-state index in [-0.39, 0.29) is 122 Å². The number of nitrogens with one attached hydrogen (secondary N) is 16. The number of halogens is 2. The van der Waals surface area contributed by atoms with Gasteiger partial charge >= 0.3 is 23.9 Å². The van der Waals surface area contributed by atoms with Crippen molar-refractivity contribution in [3.8, 4) is 0 Å². The number of aliphatic hydroxyl groups excluding tert-OH is 1. The number of benzene rings is 2. The zero-order valence-corrected chi connectivity index (χ0v) is 83.1. The number of pyridine rings is 1. The maximum atomic E-state index is 15.7. The number of amides is 17. The van der Waals surface area contributed by atoms with Gasteiger partial charge in [-0.1, -0.05) is 54.5 Å². The van der Waals surface area contributed by atoms with Gasteiger partial charge in [0.25, 0.3) is 0 Å². The molecule has 17 amide bonds. The number of nitrogens with zero attached hydrogens (tertiary/aromatic N) is 7. The van der Waals surface area contributed by atoms with E-state index in [9.17, 15) is 101 Å². The second-order valence-electron chi connectivity index (χ2n) is 37.0. The van der Waals surface area contributed by atoms with Gasteiger partial charge in [-0.15, -0.1) is 0 Å². The molecule has 804 valence electrons. The van der Waals surface area contributed by atoms with Crippen LogP contribution in [0.25, 0.3) is 21.9 Å². The highest BCUT2D eigenvalue weighted by molar-refractivity contribution is 8.76. The van der Waals surface area contributed by atoms with Crippen LogP contribution < -0.4 is 86.3 Å². The first-order chi connectivity index (χ1) is 70.0. The van der Waals surface area contributed by atoms with Crippen LogP contribution in [-0.4, -0.2) is 387 Å². The zero-order valence-electron chi connectivity index (χ0n) is 81.5. The first kappa shape index (κ1) is 117. The third-order valence-electron chi connectivity index (χ3n) is 24.3. The van der Waals surface area contributed by atoms with Gasteiger partial charge in [-0.25, -0.2) is 18.7 Å². The number of aliphatic carboxylic acids is 4. The second-order valence-corrected chi connectivity index (χ2v) is 39.5. The topological polar surface area (TPSA) is 783 Å². The molecule has 148 heavy (non-hydrogen) atoms. The molecule has 0 aliphatic carbocycles. The summed E-state index contributed by atoms with van der Waals surface area (Å²) in [6.07, 6.45) is -0.279. The number of carbonyl (C=O) groups excluding carboxylic acids is 17. The van der Waals surface area contributed by atoms with E-state index in [1.54, 1.807) is 31.7 Å². The molecule has 4 aromatic heterocycles. The van der Waals surface area contributed by atoms with Crippen molar-refractivity contribution >= 4 is 168 Å². The minimum atomic E-state index is -2.25. The number of rotatable bonds is 41. The van der Waals surface area contributed by atoms with Crippen molar-refractivity contribution in [2.75, 3.05) is 103 Å². The molecule has 3 aliphatic heterocycles. The maximum absolute atomic E-state index is 15.7. The highest BCUT2D eigenvalue weighted by Gasteiger charge is 2.46. The lowest BCUT2D eigenvalue weighted by Gasteiger charge is -2.42. The number of nitrogens with two attached hydrogens (primary N) is 3. The molecule has 3 saturated heterocycles. The van der Waals surface area contributed by atoms with E-state index in [0.717, 1.165) is 30.9 Å². The Kier molecular flexibility index (Phi) is 43.8. The largest absolute Gasteiger partial charge is 0.481 e. The monoisotopic (exact) mass is 2110 g/mol. The minimum absolute atomic E-state index is 0.0265. The number of primary amides is 3. The van der Waals surface area contributed by atoms with Crippen LogP contribution in [0, 0.1) is 17.0 Å². The van der Waals surface area contributed by atoms with Crippen molar-refractivity contribution in [3.05, 3.63) is 120 Å². The molecule has 7 heterocycles. The van der Waals surface area contributed by atoms with E-state index >= 15 is 33.6 Å². The second kappa shape index (κ2) is 55.6. The number of aliphatic hydroxyl groups is 1. The van der Waals surface area contributed by atoms with Crippen LogP contribution in [0.1, 0.15) is 102 Å². The number of aromatic nitrogens is 5. The molecule has 0 radical (unpaired) electrons. The number of hydrogen-bond acceptors (Lipinski definition) is 30. The zero-order chi connectivity index (χ0) is 109. The van der Waals surface area contributed by atoms with E-state index in [2.05, 4.69) is 94.0 Å². The molecule has 9 rings (SSSR count). The molecule has 52 nitrogen and oxygen atoms in total. The number of fused-ring (bicyclic) bond motifs is 2. The Morgan fingerprint density at radius 3 is 1.59 bits per heavy atom. The molecule has 3 aliphatic rings. The fourth-order valence-electron chi connectivity index (χ4n) is 16.4. The number of aromatic amines is 3. The predicted molar refractivity (Wildman–Crippen MR) is 524 cm³/mol. The van der Waals surface area contributed by atoms with E-state index in [1.807, 2.05) is 0 Å². The average molecular weight is 2110 g/mol. The number of carbonyl (C=O) groups is 21. The molecule has 0 bridgehead atoms. The fraction of sp³-hybridized carbons (Fsp3) is 0.511. The molecule has 0 spiro atoms. The quantitative estimate of drug-likeness (QED) is 0.0125. The van der Waals surface area contributed by atoms with Crippen molar-refractivity contribution in [1.29, 1.82) is 0 Å². The van der Waals surface area contributed by atoms with Crippen LogP contribution in [0.15, 0.2) is 85.7 Å². The Morgan fingerprint density at radius 2 is 1.05 bits per heavy atom. The number of unbranched alkanes of at least 4 members (excludes halogenated alkanes) is 1. The van der Waals surface area contributed by atoms with Crippen molar-refractivity contribution in [3.63, 3.8) is 0 Å². The van der Waals surface area contributed by atoms with Crippen molar-refractivity contribution in [2.45, 2.75) is 190 Å². The summed E-state index contributed by atoms with van der Waals surface area (Å²) in [5.41, 5.74) is 17.4. The van der Waals surface area contributed by atoms with Crippen molar-refractivity contribution in [2.24, 2.45) is 22.6 Å². The molecule has 0 saturated carbocycles. The summed E-state index contributed by atoms with van der Waals surface area (Å²) in [4.78, 5) is 319. The SMILES string of the molecule is CC(=O)N[C@@H](Cc1c[nH]c2ccc(F)cc12)C(=O)N[C@H](C(=O)N[C@H](C(=O)N[C@H]1CSSC[C@@H](C(=O)N[C@@H](Cc2c[nH]c3ncccc23)C(=O)N2CC[C@H]2C(=O)NC(CCCCNC(=O)CN2CCN(CC(=O)O)CCN(CC(=O)O)CCN(CC(=O)O)CC2)C(N)=O)NC(=O)[C@H](CC(=O)O)NC(=O)[C@H](Cc2cnc[nH]2)NC(=O)[C@H](Cc2ccc(F)cc2)NC(=O)[C@H](CC(N)=O)NC(=O)[C@H](CC(N)=O)NC1=O)C(C)(C)C)[C@@H](C)O. The smallest absolute Gasteiger partial charge is 0.317 e. The molecule has 27 N–H and O–H groups in total. The molecular weight excluding hydrogens is 1990 g/mol. The van der Waals surface area contributed by atoms with Crippen LogP contribution >= 0.6 is 21.6 Å². The lowest BCUT2D eigenvalue weighted by atomic mass is 9.85. The number of imidazole rings is 1. The van der Waals surface area contributed by atoms with Crippen LogP contribution in [0.3, 0.4) is 0 Å².